The van der Waals surface area contributed by atoms with Crippen LogP contribution in [0.5, 0.6) is 0 Å². The van der Waals surface area contributed by atoms with Gasteiger partial charge in [-0.2, -0.15) is 0 Å². The van der Waals surface area contributed by atoms with Crippen LogP contribution in [0.4, 0.5) is 0 Å². The fourth-order valence-electron chi connectivity index (χ4n) is 4.58. The van der Waals surface area contributed by atoms with E-state index in [1.54, 1.807) is 0 Å². The van der Waals surface area contributed by atoms with Gasteiger partial charge in [0.2, 0.25) is 0 Å². The average Bonchev–Trinajstić information content (AvgIpc) is 3.42. The lowest BCUT2D eigenvalue weighted by Gasteiger charge is -2.17. The number of aryl methyl sites for hydroxylation is 2. The molecule has 0 unspecified atom stereocenters. The fraction of sp³-hybridized carbons (Fsp3) is 0.167. The van der Waals surface area contributed by atoms with Crippen LogP contribution < -0.4 is 11.5 Å². The summed E-state index contributed by atoms with van der Waals surface area (Å²) in [4.78, 5) is 15.9. The van der Waals surface area contributed by atoms with Crippen molar-refractivity contribution in [3.63, 3.8) is 0 Å². The molecule has 5 aromatic rings. The lowest BCUT2D eigenvalue weighted by Crippen LogP contribution is -2.03. The molecule has 0 bridgehead atoms. The van der Waals surface area contributed by atoms with E-state index in [9.17, 15) is 0 Å². The van der Waals surface area contributed by atoms with Crippen LogP contribution >= 0.6 is 0 Å². The van der Waals surface area contributed by atoms with Crippen molar-refractivity contribution in [1.29, 1.82) is 0 Å². The molecule has 0 saturated heterocycles. The van der Waals surface area contributed by atoms with Crippen LogP contribution in [-0.4, -0.2) is 19.9 Å². The van der Waals surface area contributed by atoms with Gasteiger partial charge in [0.15, 0.2) is 0 Å². The fourth-order valence-corrected chi connectivity index (χ4v) is 4.58. The lowest BCUT2D eigenvalue weighted by atomic mass is 9.89. The summed E-state index contributed by atoms with van der Waals surface area (Å²) in [6.07, 6.45) is 1.94. The second kappa shape index (κ2) is 6.52. The second-order valence-electron chi connectivity index (χ2n) is 7.86. The highest BCUT2D eigenvalue weighted by molar-refractivity contribution is 6.05. The van der Waals surface area contributed by atoms with Crippen LogP contribution in [0.3, 0.4) is 0 Å². The maximum absolute atomic E-state index is 5.77. The van der Waals surface area contributed by atoms with Crippen molar-refractivity contribution in [3.05, 3.63) is 71.4 Å². The molecule has 0 amide bonds. The molecule has 0 radical (unpaired) electrons. The van der Waals surface area contributed by atoms with Gasteiger partial charge in [0.25, 0.3) is 0 Å². The zero-order chi connectivity index (χ0) is 20.2. The summed E-state index contributed by atoms with van der Waals surface area (Å²) in [7, 11) is 0. The molecule has 0 saturated carbocycles. The quantitative estimate of drug-likeness (QED) is 0.373. The highest BCUT2D eigenvalue weighted by Gasteiger charge is 2.20. The SMILES string of the molecule is NCc1nc2c([nH]1)-c1ccc(-c3ccc4c(ccc5nc(CN)[nH]c54)c3)cc1CC2. The molecule has 2 heterocycles. The van der Waals surface area contributed by atoms with Gasteiger partial charge in [-0.3, -0.25) is 0 Å². The van der Waals surface area contributed by atoms with Crippen LogP contribution in [0.25, 0.3) is 44.2 Å². The van der Waals surface area contributed by atoms with Crippen LogP contribution in [-0.2, 0) is 25.9 Å². The molecule has 6 N–H and O–H groups in total. The first-order valence-corrected chi connectivity index (χ1v) is 10.3. The van der Waals surface area contributed by atoms with Crippen LogP contribution in [0.1, 0.15) is 22.9 Å². The molecule has 1 aliphatic carbocycles. The number of imidazole rings is 2. The molecule has 0 fully saturated rings. The van der Waals surface area contributed by atoms with E-state index in [2.05, 4.69) is 68.5 Å². The van der Waals surface area contributed by atoms with E-state index in [1.807, 2.05) is 0 Å². The normalized spacial score (nSPS) is 13.0. The van der Waals surface area contributed by atoms with Crippen LogP contribution in [0, 0.1) is 0 Å². The molecule has 0 aliphatic heterocycles. The zero-order valence-electron chi connectivity index (χ0n) is 16.5. The Morgan fingerprint density at radius 3 is 2.47 bits per heavy atom. The summed E-state index contributed by atoms with van der Waals surface area (Å²) in [5.74, 6) is 1.67. The van der Waals surface area contributed by atoms with Crippen molar-refractivity contribution in [3.8, 4) is 22.4 Å². The molecule has 6 nitrogen and oxygen atoms in total. The maximum Gasteiger partial charge on any atom is 0.121 e. The second-order valence-corrected chi connectivity index (χ2v) is 7.86. The van der Waals surface area contributed by atoms with Crippen LogP contribution in [0.2, 0.25) is 0 Å². The Hall–Kier alpha value is -3.48. The highest BCUT2D eigenvalue weighted by Crippen LogP contribution is 2.36. The molecule has 0 spiro atoms. The Balaban J connectivity index is 1.44. The molecule has 1 aliphatic rings. The molecule has 30 heavy (non-hydrogen) atoms. The molecule has 2 aromatic heterocycles. The predicted molar refractivity (Wildman–Crippen MR) is 120 cm³/mol. The number of H-pyrrole nitrogens is 2. The first-order valence-electron chi connectivity index (χ1n) is 10.3. The van der Waals surface area contributed by atoms with Gasteiger partial charge in [0.1, 0.15) is 11.6 Å². The van der Waals surface area contributed by atoms with E-state index >= 15 is 0 Å². The summed E-state index contributed by atoms with van der Waals surface area (Å²) in [5, 5.41) is 2.35. The minimum atomic E-state index is 0.411. The van der Waals surface area contributed by atoms with Crippen molar-refractivity contribution in [2.45, 2.75) is 25.9 Å². The zero-order valence-corrected chi connectivity index (χ0v) is 16.5. The van der Waals surface area contributed by atoms with Gasteiger partial charge in [-0.25, -0.2) is 9.97 Å². The molecule has 3 aromatic carbocycles. The summed E-state index contributed by atoms with van der Waals surface area (Å²) in [6.45, 7) is 0.849. The molecule has 6 heteroatoms. The van der Waals surface area contributed by atoms with Gasteiger partial charge < -0.3 is 21.4 Å². The molecule has 0 atom stereocenters. The standard InChI is InChI=1S/C24H22N6/c25-11-21-27-19-7-3-15-9-13(1-5-17(15)23(19)29-21)14-2-6-18-16(10-14)4-8-20-24(18)30-22(12-26)28-20/h1-3,5-7,9-10H,4,8,11-12,25-26H2,(H,27,29)(H,28,30). The number of fused-ring (bicyclic) bond motifs is 6. The van der Waals surface area contributed by atoms with E-state index in [0.29, 0.717) is 13.1 Å². The largest absolute Gasteiger partial charge is 0.341 e. The first-order chi connectivity index (χ1) is 14.7. The topological polar surface area (TPSA) is 109 Å². The number of benzene rings is 3. The van der Waals surface area contributed by atoms with Gasteiger partial charge in [0.05, 0.1) is 35.5 Å². The van der Waals surface area contributed by atoms with E-state index in [-0.39, 0.29) is 0 Å². The summed E-state index contributed by atoms with van der Waals surface area (Å²) in [5.41, 5.74) is 20.8. The Kier molecular flexibility index (Phi) is 3.78. The lowest BCUT2D eigenvalue weighted by molar-refractivity contribution is 0.889. The number of nitrogens with zero attached hydrogens (tertiary/aromatic N) is 2. The van der Waals surface area contributed by atoms with Crippen molar-refractivity contribution in [2.75, 3.05) is 0 Å². The number of hydrogen-bond acceptors (Lipinski definition) is 4. The maximum atomic E-state index is 5.77. The number of nitrogens with two attached hydrogens (primary N) is 2. The van der Waals surface area contributed by atoms with Crippen molar-refractivity contribution < 1.29 is 0 Å². The number of nitrogens with one attached hydrogen (secondary N) is 2. The summed E-state index contributed by atoms with van der Waals surface area (Å²) < 4.78 is 0. The Morgan fingerprint density at radius 1 is 0.800 bits per heavy atom. The van der Waals surface area contributed by atoms with Crippen molar-refractivity contribution in [2.24, 2.45) is 11.5 Å². The monoisotopic (exact) mass is 394 g/mol. The number of aromatic amines is 2. The van der Waals surface area contributed by atoms with Gasteiger partial charge in [-0.1, -0.05) is 36.4 Å². The smallest absolute Gasteiger partial charge is 0.121 e. The van der Waals surface area contributed by atoms with E-state index in [4.69, 9.17) is 11.5 Å². The minimum Gasteiger partial charge on any atom is -0.341 e. The number of hydrogen-bond donors (Lipinski definition) is 4. The highest BCUT2D eigenvalue weighted by atomic mass is 15.0. The van der Waals surface area contributed by atoms with E-state index < -0.39 is 0 Å². The Bertz CT molecular complexity index is 1420. The third kappa shape index (κ3) is 2.58. The third-order valence-corrected chi connectivity index (χ3v) is 6.08. The Labute approximate surface area is 173 Å². The van der Waals surface area contributed by atoms with Gasteiger partial charge in [0, 0.05) is 10.9 Å². The minimum absolute atomic E-state index is 0.411. The first kappa shape index (κ1) is 17.4. The number of rotatable bonds is 3. The van der Waals surface area contributed by atoms with Crippen LogP contribution in [0.15, 0.2) is 48.5 Å². The molecular weight excluding hydrogens is 372 g/mol. The number of aromatic nitrogens is 4. The van der Waals surface area contributed by atoms with Crippen molar-refractivity contribution in [1.82, 2.24) is 19.9 Å². The van der Waals surface area contributed by atoms with E-state index in [0.717, 1.165) is 52.3 Å². The van der Waals surface area contributed by atoms with Gasteiger partial charge in [-0.05, 0) is 47.1 Å². The van der Waals surface area contributed by atoms with E-state index in [1.165, 1.54) is 27.6 Å². The molecule has 6 rings (SSSR count). The molecule has 148 valence electrons. The third-order valence-electron chi connectivity index (χ3n) is 6.08. The van der Waals surface area contributed by atoms with Gasteiger partial charge in [-0.15, -0.1) is 0 Å². The molecular formula is C24H22N6. The predicted octanol–water partition coefficient (Wildman–Crippen LogP) is 3.79. The summed E-state index contributed by atoms with van der Waals surface area (Å²) in [6, 6.07) is 17.5. The summed E-state index contributed by atoms with van der Waals surface area (Å²) >= 11 is 0. The average molecular weight is 394 g/mol. The Morgan fingerprint density at radius 2 is 1.60 bits per heavy atom. The van der Waals surface area contributed by atoms with Crippen molar-refractivity contribution >= 4 is 21.8 Å². The van der Waals surface area contributed by atoms with Gasteiger partial charge >= 0.3 is 0 Å².